The van der Waals surface area contributed by atoms with Crippen molar-refractivity contribution in [3.63, 3.8) is 0 Å². The molecule has 0 saturated carbocycles. The van der Waals surface area contributed by atoms with Crippen LogP contribution < -0.4 is 5.32 Å². The van der Waals surface area contributed by atoms with Crippen LogP contribution in [0, 0.1) is 0 Å². The highest BCUT2D eigenvalue weighted by atomic mass is 32.2. The number of thiazole rings is 1. The van der Waals surface area contributed by atoms with Crippen LogP contribution in [0.1, 0.15) is 56.2 Å². The molecule has 196 valence electrons. The van der Waals surface area contributed by atoms with E-state index in [9.17, 15) is 26.7 Å². The third-order valence-corrected chi connectivity index (χ3v) is 9.11. The van der Waals surface area contributed by atoms with Crippen LogP contribution in [0.2, 0.25) is 0 Å². The highest BCUT2D eigenvalue weighted by molar-refractivity contribution is 7.93. The molecule has 2 aromatic heterocycles. The summed E-state index contributed by atoms with van der Waals surface area (Å²) in [5, 5.41) is 13.0. The number of hydrogen-bond donors (Lipinski definition) is 2. The third kappa shape index (κ3) is 5.93. The van der Waals surface area contributed by atoms with Crippen LogP contribution in [0.3, 0.4) is 0 Å². The van der Waals surface area contributed by atoms with Gasteiger partial charge >= 0.3 is 6.18 Å². The molecule has 36 heavy (non-hydrogen) atoms. The van der Waals surface area contributed by atoms with Gasteiger partial charge < -0.3 is 10.4 Å². The van der Waals surface area contributed by atoms with Crippen molar-refractivity contribution < 1.29 is 26.7 Å². The van der Waals surface area contributed by atoms with Crippen LogP contribution in [-0.2, 0) is 16.2 Å². The minimum atomic E-state index is -4.67. The number of piperidine rings is 1. The second-order valence-corrected chi connectivity index (χ2v) is 11.8. The number of aliphatic hydroxyl groups excluding tert-OH is 1. The minimum Gasteiger partial charge on any atom is -0.386 e. The van der Waals surface area contributed by atoms with Crippen LogP contribution in [0.5, 0.6) is 0 Å². The van der Waals surface area contributed by atoms with Gasteiger partial charge in [-0.05, 0) is 39.5 Å². The van der Waals surface area contributed by atoms with Gasteiger partial charge in [0.2, 0.25) is 16.0 Å². The summed E-state index contributed by atoms with van der Waals surface area (Å²) in [5.41, 5.74) is -1.32. The topological polar surface area (TPSA) is 121 Å². The van der Waals surface area contributed by atoms with Crippen LogP contribution in [0.4, 0.5) is 19.1 Å². The lowest BCUT2D eigenvalue weighted by Crippen LogP contribution is -2.43. The molecule has 2 N–H and O–H groups in total. The molecule has 0 radical (unpaired) electrons. The fraction of sp³-hybridized carbons (Fsp3) is 0.545. The standard InChI is InChI=1S/C22H27F3N6O3S2/c1-13-4-3-5-16(10-26-13)36(33,34)31-8-6-15(7-9-31)29-21-28-11-17(22(23,24)25)19(30-21)18-12-27-20(35-18)14(2)32/h5,10-15,32H,3-4,6-9H2,1-2H3,(H,28,29,30). The number of anilines is 1. The highest BCUT2D eigenvalue weighted by Crippen LogP contribution is 2.38. The van der Waals surface area contributed by atoms with Gasteiger partial charge in [-0.25, -0.2) is 23.4 Å². The summed E-state index contributed by atoms with van der Waals surface area (Å²) in [5.74, 6) is 0.0129. The highest BCUT2D eigenvalue weighted by Gasteiger charge is 2.37. The number of nitrogens with one attached hydrogen (secondary N) is 1. The number of sulfonamides is 1. The number of alkyl halides is 3. The van der Waals surface area contributed by atoms with E-state index in [1.807, 2.05) is 6.92 Å². The Morgan fingerprint density at radius 3 is 2.56 bits per heavy atom. The van der Waals surface area contributed by atoms with E-state index in [-0.39, 0.29) is 51.6 Å². The monoisotopic (exact) mass is 544 g/mol. The molecule has 9 nitrogen and oxygen atoms in total. The molecule has 0 aromatic carbocycles. The second kappa shape index (κ2) is 10.5. The first-order chi connectivity index (χ1) is 16.9. The summed E-state index contributed by atoms with van der Waals surface area (Å²) < 4.78 is 68.3. The number of aliphatic hydroxyl groups is 1. The smallest absolute Gasteiger partial charge is 0.386 e. The van der Waals surface area contributed by atoms with E-state index in [1.54, 1.807) is 6.08 Å². The maximum absolute atomic E-state index is 13.6. The van der Waals surface area contributed by atoms with E-state index >= 15 is 0 Å². The summed E-state index contributed by atoms with van der Waals surface area (Å²) >= 11 is 0.929. The zero-order chi connectivity index (χ0) is 26.1. The number of aromatic nitrogens is 3. The average molecular weight is 545 g/mol. The van der Waals surface area contributed by atoms with Gasteiger partial charge in [-0.1, -0.05) is 6.08 Å². The van der Waals surface area contributed by atoms with E-state index < -0.39 is 27.9 Å². The number of allylic oxidation sites excluding steroid dienone is 2. The van der Waals surface area contributed by atoms with Gasteiger partial charge in [0.05, 0.1) is 15.5 Å². The number of rotatable bonds is 6. The van der Waals surface area contributed by atoms with Crippen molar-refractivity contribution in [1.29, 1.82) is 0 Å². The van der Waals surface area contributed by atoms with Gasteiger partial charge in [0, 0.05) is 43.8 Å². The Morgan fingerprint density at radius 2 is 1.92 bits per heavy atom. The van der Waals surface area contributed by atoms with Crippen LogP contribution >= 0.6 is 11.3 Å². The van der Waals surface area contributed by atoms with Gasteiger partial charge in [0.15, 0.2) is 0 Å². The van der Waals surface area contributed by atoms with Crippen molar-refractivity contribution in [3.8, 4) is 10.6 Å². The van der Waals surface area contributed by atoms with Crippen molar-refractivity contribution in [2.75, 3.05) is 18.4 Å². The quantitative estimate of drug-likeness (QED) is 0.564. The Bertz CT molecular complexity index is 1250. The van der Waals surface area contributed by atoms with Crippen molar-refractivity contribution in [2.24, 2.45) is 4.99 Å². The Kier molecular flexibility index (Phi) is 7.78. The first kappa shape index (κ1) is 26.6. The molecule has 2 aromatic rings. The first-order valence-electron chi connectivity index (χ1n) is 11.5. The number of hydrogen-bond acceptors (Lipinski definition) is 9. The average Bonchev–Trinajstić information content (AvgIpc) is 3.21. The fourth-order valence-electron chi connectivity index (χ4n) is 3.98. The molecule has 14 heteroatoms. The van der Waals surface area contributed by atoms with Gasteiger partial charge in [-0.15, -0.1) is 11.3 Å². The Labute approximate surface area is 211 Å². The number of halogens is 3. The van der Waals surface area contributed by atoms with Crippen LogP contribution in [0.25, 0.3) is 10.6 Å². The molecule has 4 rings (SSSR count). The summed E-state index contributed by atoms with van der Waals surface area (Å²) in [6, 6.07) is -0.145. The lowest BCUT2D eigenvalue weighted by atomic mass is 10.1. The molecule has 4 heterocycles. The molecule has 0 bridgehead atoms. The molecule has 1 fully saturated rings. The predicted molar refractivity (Wildman–Crippen MR) is 131 cm³/mol. The maximum atomic E-state index is 13.6. The van der Waals surface area contributed by atoms with Crippen LogP contribution in [0.15, 0.2) is 28.4 Å². The van der Waals surface area contributed by atoms with Gasteiger partial charge in [-0.3, -0.25) is 4.99 Å². The summed E-state index contributed by atoms with van der Waals surface area (Å²) in [7, 11) is -3.66. The predicted octanol–water partition coefficient (Wildman–Crippen LogP) is 4.02. The zero-order valence-corrected chi connectivity index (χ0v) is 21.4. The Balaban J connectivity index is 1.48. The molecule has 2 aliphatic heterocycles. The third-order valence-electron chi connectivity index (χ3n) is 6.02. The molecule has 2 aliphatic rings. The van der Waals surface area contributed by atoms with E-state index in [0.717, 1.165) is 24.0 Å². The van der Waals surface area contributed by atoms with Gasteiger partial charge in [-0.2, -0.15) is 17.5 Å². The zero-order valence-electron chi connectivity index (χ0n) is 19.7. The van der Waals surface area contributed by atoms with Gasteiger partial charge in [0.1, 0.15) is 16.7 Å². The van der Waals surface area contributed by atoms with E-state index in [4.69, 9.17) is 0 Å². The molecule has 2 atom stereocenters. The van der Waals surface area contributed by atoms with Crippen LogP contribution in [-0.4, -0.2) is 64.2 Å². The first-order valence-corrected chi connectivity index (χ1v) is 13.8. The van der Waals surface area contributed by atoms with E-state index in [0.29, 0.717) is 19.3 Å². The summed E-state index contributed by atoms with van der Waals surface area (Å²) in [6.45, 7) is 3.92. The molecule has 2 unspecified atom stereocenters. The fourth-order valence-corrected chi connectivity index (χ4v) is 6.35. The molecular weight excluding hydrogens is 517 g/mol. The SMILES string of the molecule is CC1CCC=C(S(=O)(=O)N2CCC(Nc3ncc(C(F)(F)F)c(-c4cnc(C(C)O)s4)n3)CC2)C=N1. The molecule has 0 spiro atoms. The molecule has 0 aliphatic carbocycles. The lowest BCUT2D eigenvalue weighted by Gasteiger charge is -2.31. The van der Waals surface area contributed by atoms with Gasteiger partial charge in [0.25, 0.3) is 0 Å². The Morgan fingerprint density at radius 1 is 1.19 bits per heavy atom. The largest absolute Gasteiger partial charge is 0.420 e. The maximum Gasteiger partial charge on any atom is 0.420 e. The minimum absolute atomic E-state index is 0.0129. The summed E-state index contributed by atoms with van der Waals surface area (Å²) in [4.78, 5) is 16.6. The summed E-state index contributed by atoms with van der Waals surface area (Å²) in [6.07, 6.45) is 1.83. The Hall–Kier alpha value is -2.42. The van der Waals surface area contributed by atoms with E-state index in [2.05, 4.69) is 25.3 Å². The number of aliphatic imine (C=N–C) groups is 1. The molecular formula is C22H27F3N6O3S2. The molecule has 0 amide bonds. The second-order valence-electron chi connectivity index (χ2n) is 8.83. The van der Waals surface area contributed by atoms with Crippen molar-refractivity contribution in [3.05, 3.63) is 33.9 Å². The van der Waals surface area contributed by atoms with Crippen molar-refractivity contribution >= 4 is 33.5 Å². The van der Waals surface area contributed by atoms with Crippen molar-refractivity contribution in [1.82, 2.24) is 19.3 Å². The van der Waals surface area contributed by atoms with E-state index in [1.165, 1.54) is 23.6 Å². The number of nitrogens with zero attached hydrogens (tertiary/aromatic N) is 5. The normalized spacial score (nSPS) is 21.2. The molecule has 1 saturated heterocycles. The van der Waals surface area contributed by atoms with Crippen molar-refractivity contribution in [2.45, 2.75) is 63.9 Å². The lowest BCUT2D eigenvalue weighted by molar-refractivity contribution is -0.137.